The minimum absolute atomic E-state index is 0.0943. The number of rotatable bonds is 2. The van der Waals surface area contributed by atoms with E-state index in [0.717, 1.165) is 18.3 Å². The van der Waals surface area contributed by atoms with Gasteiger partial charge in [-0.15, -0.1) is 0 Å². The molecule has 0 aromatic heterocycles. The van der Waals surface area contributed by atoms with Gasteiger partial charge in [0.05, 0.1) is 6.54 Å². The van der Waals surface area contributed by atoms with Crippen molar-refractivity contribution in [2.24, 2.45) is 0 Å². The quantitative estimate of drug-likeness (QED) is 0.638. The number of likely N-dealkylation sites (N-methyl/N-ethyl adjacent to an activating group) is 1. The van der Waals surface area contributed by atoms with Crippen LogP contribution in [-0.2, 0) is 4.74 Å². The SMILES string of the molecule is CN1CC(CCBr)OC1=O. The second kappa shape index (κ2) is 3.23. The van der Waals surface area contributed by atoms with Crippen molar-refractivity contribution in [3.8, 4) is 0 Å². The minimum atomic E-state index is -0.203. The number of hydrogen-bond acceptors (Lipinski definition) is 2. The van der Waals surface area contributed by atoms with Crippen LogP contribution in [0, 0.1) is 0 Å². The maximum Gasteiger partial charge on any atom is 0.409 e. The Morgan fingerprint density at radius 1 is 1.90 bits per heavy atom. The highest BCUT2D eigenvalue weighted by atomic mass is 79.9. The lowest BCUT2D eigenvalue weighted by Crippen LogP contribution is -2.19. The van der Waals surface area contributed by atoms with E-state index in [1.54, 1.807) is 11.9 Å². The van der Waals surface area contributed by atoms with E-state index in [2.05, 4.69) is 15.9 Å². The molecule has 0 N–H and O–H groups in total. The molecule has 1 aliphatic rings. The number of nitrogens with zero attached hydrogens (tertiary/aromatic N) is 1. The van der Waals surface area contributed by atoms with Gasteiger partial charge in [-0.2, -0.15) is 0 Å². The Kier molecular flexibility index (Phi) is 2.54. The smallest absolute Gasteiger partial charge is 0.409 e. The highest BCUT2D eigenvalue weighted by Gasteiger charge is 2.26. The molecule has 0 aromatic carbocycles. The van der Waals surface area contributed by atoms with Crippen molar-refractivity contribution < 1.29 is 9.53 Å². The molecular formula is C6H10BrNO2. The van der Waals surface area contributed by atoms with Gasteiger partial charge >= 0.3 is 6.09 Å². The summed E-state index contributed by atoms with van der Waals surface area (Å²) in [6.45, 7) is 0.727. The van der Waals surface area contributed by atoms with Crippen LogP contribution in [0.4, 0.5) is 4.79 Å². The Bertz CT molecular complexity index is 140. The van der Waals surface area contributed by atoms with Crippen LogP contribution in [0.3, 0.4) is 0 Å². The van der Waals surface area contributed by atoms with Gasteiger partial charge < -0.3 is 9.64 Å². The van der Waals surface area contributed by atoms with E-state index in [9.17, 15) is 4.79 Å². The molecule has 0 aromatic rings. The monoisotopic (exact) mass is 207 g/mol. The van der Waals surface area contributed by atoms with Crippen molar-refractivity contribution in [3.63, 3.8) is 0 Å². The molecule has 0 bridgehead atoms. The van der Waals surface area contributed by atoms with Crippen LogP contribution < -0.4 is 0 Å². The summed E-state index contributed by atoms with van der Waals surface area (Å²) in [6, 6.07) is 0. The number of alkyl halides is 1. The Hall–Kier alpha value is -0.250. The van der Waals surface area contributed by atoms with Crippen molar-refractivity contribution in [2.75, 3.05) is 18.9 Å². The summed E-state index contributed by atoms with van der Waals surface area (Å²) >= 11 is 3.29. The topological polar surface area (TPSA) is 29.5 Å². The van der Waals surface area contributed by atoms with E-state index < -0.39 is 0 Å². The molecule has 1 aliphatic heterocycles. The third-order valence-electron chi connectivity index (χ3n) is 1.49. The zero-order valence-electron chi connectivity index (χ0n) is 5.84. The summed E-state index contributed by atoms with van der Waals surface area (Å²) in [4.78, 5) is 12.3. The van der Waals surface area contributed by atoms with E-state index >= 15 is 0 Å². The normalized spacial score (nSPS) is 25.2. The van der Waals surface area contributed by atoms with Gasteiger partial charge in [0.15, 0.2) is 0 Å². The fraction of sp³-hybridized carbons (Fsp3) is 0.833. The van der Waals surface area contributed by atoms with Crippen LogP contribution in [0.1, 0.15) is 6.42 Å². The molecule has 0 saturated carbocycles. The van der Waals surface area contributed by atoms with Gasteiger partial charge in [-0.3, -0.25) is 0 Å². The molecule has 1 saturated heterocycles. The highest BCUT2D eigenvalue weighted by molar-refractivity contribution is 9.09. The lowest BCUT2D eigenvalue weighted by atomic mass is 10.3. The van der Waals surface area contributed by atoms with Gasteiger partial charge in [-0.25, -0.2) is 4.79 Å². The van der Waals surface area contributed by atoms with Gasteiger partial charge in [-0.05, 0) is 6.42 Å². The Labute approximate surface area is 68.5 Å². The number of carbonyl (C=O) groups is 1. The predicted octanol–water partition coefficient (Wildman–Crippen LogP) is 1.22. The molecule has 1 heterocycles. The minimum Gasteiger partial charge on any atom is -0.444 e. The Morgan fingerprint density at radius 2 is 2.60 bits per heavy atom. The molecule has 0 spiro atoms. The van der Waals surface area contributed by atoms with Crippen LogP contribution in [0.2, 0.25) is 0 Å². The standard InChI is InChI=1S/C6H10BrNO2/c1-8-4-5(2-3-7)10-6(8)9/h5H,2-4H2,1H3. The fourth-order valence-electron chi connectivity index (χ4n) is 0.922. The van der Waals surface area contributed by atoms with Crippen LogP contribution >= 0.6 is 15.9 Å². The summed E-state index contributed by atoms with van der Waals surface area (Å²) in [7, 11) is 1.75. The molecular weight excluding hydrogens is 198 g/mol. The molecule has 3 nitrogen and oxygen atoms in total. The van der Waals surface area contributed by atoms with Gasteiger partial charge in [0.2, 0.25) is 0 Å². The lowest BCUT2D eigenvalue weighted by Gasteiger charge is -2.03. The Morgan fingerprint density at radius 3 is 3.00 bits per heavy atom. The summed E-state index contributed by atoms with van der Waals surface area (Å²) in [6.07, 6.45) is 0.790. The van der Waals surface area contributed by atoms with Gasteiger partial charge in [0, 0.05) is 12.4 Å². The van der Waals surface area contributed by atoms with Crippen molar-refractivity contribution >= 4 is 22.0 Å². The van der Waals surface area contributed by atoms with Crippen LogP contribution in [0.25, 0.3) is 0 Å². The summed E-state index contributed by atoms with van der Waals surface area (Å²) in [5.74, 6) is 0. The van der Waals surface area contributed by atoms with Crippen LogP contribution in [0.5, 0.6) is 0 Å². The van der Waals surface area contributed by atoms with E-state index in [-0.39, 0.29) is 12.2 Å². The number of carbonyl (C=O) groups excluding carboxylic acids is 1. The third kappa shape index (κ3) is 1.62. The fourth-order valence-corrected chi connectivity index (χ4v) is 1.43. The molecule has 1 amide bonds. The van der Waals surface area contributed by atoms with Gasteiger partial charge in [0.25, 0.3) is 0 Å². The summed E-state index contributed by atoms with van der Waals surface area (Å²) < 4.78 is 4.97. The maximum atomic E-state index is 10.7. The average molecular weight is 208 g/mol. The molecule has 0 aliphatic carbocycles. The molecule has 58 valence electrons. The number of halogens is 1. The summed E-state index contributed by atoms with van der Waals surface area (Å²) in [5, 5.41) is 0.888. The molecule has 1 unspecified atom stereocenters. The first-order chi connectivity index (χ1) is 4.74. The van der Waals surface area contributed by atoms with E-state index in [0.29, 0.717) is 0 Å². The van der Waals surface area contributed by atoms with Crippen molar-refractivity contribution in [1.82, 2.24) is 4.90 Å². The first-order valence-electron chi connectivity index (χ1n) is 3.21. The molecule has 10 heavy (non-hydrogen) atoms. The summed E-state index contributed by atoms with van der Waals surface area (Å²) in [5.41, 5.74) is 0. The van der Waals surface area contributed by atoms with Gasteiger partial charge in [-0.1, -0.05) is 15.9 Å². The lowest BCUT2D eigenvalue weighted by molar-refractivity contribution is 0.133. The van der Waals surface area contributed by atoms with Crippen molar-refractivity contribution in [2.45, 2.75) is 12.5 Å². The first-order valence-corrected chi connectivity index (χ1v) is 4.34. The van der Waals surface area contributed by atoms with E-state index in [1.807, 2.05) is 0 Å². The first kappa shape index (κ1) is 7.85. The number of ether oxygens (including phenoxy) is 1. The molecule has 0 radical (unpaired) electrons. The highest BCUT2D eigenvalue weighted by Crippen LogP contribution is 2.12. The van der Waals surface area contributed by atoms with Crippen LogP contribution in [0.15, 0.2) is 0 Å². The number of hydrogen-bond donors (Lipinski definition) is 0. The van der Waals surface area contributed by atoms with Gasteiger partial charge in [0.1, 0.15) is 6.10 Å². The molecule has 1 atom stereocenters. The maximum absolute atomic E-state index is 10.7. The Balaban J connectivity index is 2.34. The third-order valence-corrected chi connectivity index (χ3v) is 1.95. The second-order valence-corrected chi connectivity index (χ2v) is 3.16. The zero-order valence-corrected chi connectivity index (χ0v) is 7.43. The van der Waals surface area contributed by atoms with E-state index in [1.165, 1.54) is 0 Å². The number of cyclic esters (lactones) is 1. The number of amides is 1. The van der Waals surface area contributed by atoms with Crippen LogP contribution in [-0.4, -0.2) is 36.0 Å². The average Bonchev–Trinajstić information content (AvgIpc) is 2.14. The van der Waals surface area contributed by atoms with Crippen molar-refractivity contribution in [3.05, 3.63) is 0 Å². The molecule has 4 heteroatoms. The second-order valence-electron chi connectivity index (χ2n) is 2.36. The predicted molar refractivity (Wildman–Crippen MR) is 41.3 cm³/mol. The molecule has 1 fully saturated rings. The molecule has 1 rings (SSSR count). The van der Waals surface area contributed by atoms with Crippen molar-refractivity contribution in [1.29, 1.82) is 0 Å². The zero-order chi connectivity index (χ0) is 7.56. The largest absolute Gasteiger partial charge is 0.444 e. The van der Waals surface area contributed by atoms with E-state index in [4.69, 9.17) is 4.74 Å².